The Balaban J connectivity index is 2.03. The van der Waals surface area contributed by atoms with Crippen molar-refractivity contribution in [2.24, 2.45) is 0 Å². The molecule has 0 aliphatic carbocycles. The van der Waals surface area contributed by atoms with Gasteiger partial charge in [0, 0.05) is 38.3 Å². The van der Waals surface area contributed by atoms with Gasteiger partial charge in [0.05, 0.1) is 26.3 Å². The molecule has 2 aromatic rings. The smallest absolute Gasteiger partial charge is 0.228 e. The van der Waals surface area contributed by atoms with E-state index >= 15 is 0 Å². The van der Waals surface area contributed by atoms with Crippen LogP contribution in [0, 0.1) is 0 Å². The minimum atomic E-state index is 0.0558. The van der Waals surface area contributed by atoms with E-state index in [1.807, 2.05) is 23.6 Å². The molecule has 7 heteroatoms. The Bertz CT molecular complexity index is 702. The Morgan fingerprint density at radius 3 is 2.64 bits per heavy atom. The molecular weight excluding hydrogens is 340 g/mol. The molecule has 0 saturated carbocycles. The lowest BCUT2D eigenvalue weighted by atomic mass is 10.2. The van der Waals surface area contributed by atoms with Crippen molar-refractivity contribution in [3.8, 4) is 22.1 Å². The highest BCUT2D eigenvalue weighted by molar-refractivity contribution is 7.13. The van der Waals surface area contributed by atoms with Crippen LogP contribution in [0.15, 0.2) is 23.6 Å². The molecule has 0 atom stereocenters. The summed E-state index contributed by atoms with van der Waals surface area (Å²) in [5, 5.41) is 2.78. The third kappa shape index (κ3) is 5.17. The van der Waals surface area contributed by atoms with Crippen LogP contribution < -0.4 is 9.47 Å². The average Bonchev–Trinajstić information content (AvgIpc) is 3.09. The topological polar surface area (TPSA) is 60.9 Å². The van der Waals surface area contributed by atoms with Crippen LogP contribution in [0.4, 0.5) is 0 Å². The molecule has 0 N–H and O–H groups in total. The molecule has 136 valence electrons. The Morgan fingerprint density at radius 2 is 1.96 bits per heavy atom. The molecule has 0 spiro atoms. The quantitative estimate of drug-likeness (QED) is 0.640. The number of nitrogens with zero attached hydrogens (tertiary/aromatic N) is 2. The summed E-state index contributed by atoms with van der Waals surface area (Å²) in [4.78, 5) is 18.5. The van der Waals surface area contributed by atoms with Gasteiger partial charge in [-0.2, -0.15) is 0 Å². The molecule has 0 unspecified atom stereocenters. The number of thiazole rings is 1. The highest BCUT2D eigenvalue weighted by Gasteiger charge is 2.14. The predicted octanol–water partition coefficient (Wildman–Crippen LogP) is 2.86. The lowest BCUT2D eigenvalue weighted by molar-refractivity contribution is -0.129. The highest BCUT2D eigenvalue weighted by atomic mass is 32.1. The van der Waals surface area contributed by atoms with Crippen molar-refractivity contribution < 1.29 is 19.0 Å². The Morgan fingerprint density at radius 1 is 1.20 bits per heavy atom. The lowest BCUT2D eigenvalue weighted by Gasteiger charge is -2.16. The first-order valence-electron chi connectivity index (χ1n) is 7.98. The molecule has 2 rings (SSSR count). The minimum absolute atomic E-state index is 0.0558. The van der Waals surface area contributed by atoms with E-state index in [1.54, 1.807) is 33.3 Å². The zero-order chi connectivity index (χ0) is 18.2. The highest BCUT2D eigenvalue weighted by Crippen LogP contribution is 2.33. The van der Waals surface area contributed by atoms with Gasteiger partial charge >= 0.3 is 0 Å². The maximum atomic E-state index is 12.2. The molecule has 0 bridgehead atoms. The molecule has 25 heavy (non-hydrogen) atoms. The largest absolute Gasteiger partial charge is 0.493 e. The minimum Gasteiger partial charge on any atom is -0.493 e. The van der Waals surface area contributed by atoms with Gasteiger partial charge in [0.2, 0.25) is 5.91 Å². The first kappa shape index (κ1) is 19.2. The van der Waals surface area contributed by atoms with E-state index < -0.39 is 0 Å². The van der Waals surface area contributed by atoms with Crippen LogP contribution in [0.2, 0.25) is 0 Å². The standard InChI is InChI=1S/C18H24N2O4S/c1-20(8-5-9-22-2)17(21)11-14-12-25-18(19-14)13-6-7-15(23-3)16(10-13)24-4/h6-7,10,12H,5,8-9,11H2,1-4H3. The molecule has 0 aliphatic rings. The van der Waals surface area contributed by atoms with Crippen molar-refractivity contribution >= 4 is 17.2 Å². The van der Waals surface area contributed by atoms with Crippen molar-refractivity contribution in [1.82, 2.24) is 9.88 Å². The molecule has 0 fully saturated rings. The summed E-state index contributed by atoms with van der Waals surface area (Å²) in [7, 11) is 6.67. The molecule has 0 radical (unpaired) electrons. The van der Waals surface area contributed by atoms with E-state index in [4.69, 9.17) is 14.2 Å². The molecule has 1 aromatic heterocycles. The van der Waals surface area contributed by atoms with Gasteiger partial charge in [0.25, 0.3) is 0 Å². The summed E-state index contributed by atoms with van der Waals surface area (Å²) in [5.74, 6) is 1.39. The first-order chi connectivity index (χ1) is 12.1. The second kappa shape index (κ2) is 9.39. The SMILES string of the molecule is COCCCN(C)C(=O)Cc1csc(-c2ccc(OC)c(OC)c2)n1. The molecule has 1 amide bonds. The number of carbonyl (C=O) groups is 1. The van der Waals surface area contributed by atoms with E-state index in [9.17, 15) is 4.79 Å². The van der Waals surface area contributed by atoms with Crippen molar-refractivity contribution in [1.29, 1.82) is 0 Å². The molecule has 0 aliphatic heterocycles. The molecular formula is C18H24N2O4S. The van der Waals surface area contributed by atoms with Crippen LogP contribution in [0.5, 0.6) is 11.5 Å². The van der Waals surface area contributed by atoms with E-state index in [0.29, 0.717) is 31.1 Å². The van der Waals surface area contributed by atoms with Crippen LogP contribution in [0.3, 0.4) is 0 Å². The number of likely N-dealkylation sites (N-methyl/N-ethyl adjacent to an activating group) is 1. The predicted molar refractivity (Wildman–Crippen MR) is 98.5 cm³/mol. The van der Waals surface area contributed by atoms with Gasteiger partial charge in [-0.3, -0.25) is 4.79 Å². The fourth-order valence-electron chi connectivity index (χ4n) is 2.35. The number of benzene rings is 1. The monoisotopic (exact) mass is 364 g/mol. The van der Waals surface area contributed by atoms with Gasteiger partial charge in [-0.1, -0.05) is 0 Å². The van der Waals surface area contributed by atoms with Crippen LogP contribution >= 0.6 is 11.3 Å². The summed E-state index contributed by atoms with van der Waals surface area (Å²) >= 11 is 1.51. The summed E-state index contributed by atoms with van der Waals surface area (Å²) in [6, 6.07) is 5.67. The summed E-state index contributed by atoms with van der Waals surface area (Å²) < 4.78 is 15.6. The number of aromatic nitrogens is 1. The summed E-state index contributed by atoms with van der Waals surface area (Å²) in [6.07, 6.45) is 1.12. The van der Waals surface area contributed by atoms with E-state index in [0.717, 1.165) is 22.7 Å². The molecule has 0 saturated heterocycles. The maximum absolute atomic E-state index is 12.2. The third-order valence-corrected chi connectivity index (χ3v) is 4.72. The van der Waals surface area contributed by atoms with Crippen molar-refractivity contribution in [2.45, 2.75) is 12.8 Å². The van der Waals surface area contributed by atoms with Crippen LogP contribution in [0.25, 0.3) is 10.6 Å². The van der Waals surface area contributed by atoms with Crippen molar-refractivity contribution in [3.05, 3.63) is 29.3 Å². The summed E-state index contributed by atoms with van der Waals surface area (Å²) in [6.45, 7) is 1.33. The van der Waals surface area contributed by atoms with Crippen molar-refractivity contribution in [3.63, 3.8) is 0 Å². The van der Waals surface area contributed by atoms with Crippen LogP contribution in [-0.2, 0) is 16.0 Å². The van der Waals surface area contributed by atoms with Gasteiger partial charge in [-0.05, 0) is 24.6 Å². The number of hydrogen-bond acceptors (Lipinski definition) is 6. The Labute approximate surface area is 152 Å². The lowest BCUT2D eigenvalue weighted by Crippen LogP contribution is -2.29. The van der Waals surface area contributed by atoms with Gasteiger partial charge < -0.3 is 19.1 Å². The molecule has 6 nitrogen and oxygen atoms in total. The second-order valence-electron chi connectivity index (χ2n) is 5.55. The normalized spacial score (nSPS) is 10.6. The van der Waals surface area contributed by atoms with Gasteiger partial charge in [0.15, 0.2) is 11.5 Å². The van der Waals surface area contributed by atoms with Crippen LogP contribution in [-0.4, -0.2) is 57.3 Å². The van der Waals surface area contributed by atoms with E-state index in [1.165, 1.54) is 11.3 Å². The zero-order valence-corrected chi connectivity index (χ0v) is 15.9. The number of carbonyl (C=O) groups excluding carboxylic acids is 1. The fourth-order valence-corrected chi connectivity index (χ4v) is 3.17. The number of rotatable bonds is 9. The number of hydrogen-bond donors (Lipinski definition) is 0. The average molecular weight is 364 g/mol. The number of methoxy groups -OCH3 is 3. The fraction of sp³-hybridized carbons (Fsp3) is 0.444. The van der Waals surface area contributed by atoms with Gasteiger partial charge in [-0.25, -0.2) is 4.98 Å². The first-order valence-corrected chi connectivity index (χ1v) is 8.86. The zero-order valence-electron chi connectivity index (χ0n) is 15.1. The van der Waals surface area contributed by atoms with Crippen molar-refractivity contribution in [2.75, 3.05) is 41.5 Å². The second-order valence-corrected chi connectivity index (χ2v) is 6.41. The van der Waals surface area contributed by atoms with Crippen LogP contribution in [0.1, 0.15) is 12.1 Å². The van der Waals surface area contributed by atoms with Gasteiger partial charge in [-0.15, -0.1) is 11.3 Å². The molecule has 1 heterocycles. The Hall–Kier alpha value is -2.12. The maximum Gasteiger partial charge on any atom is 0.228 e. The van der Waals surface area contributed by atoms with E-state index in [2.05, 4.69) is 4.98 Å². The third-order valence-electron chi connectivity index (χ3n) is 3.78. The molecule has 1 aromatic carbocycles. The van der Waals surface area contributed by atoms with Gasteiger partial charge in [0.1, 0.15) is 5.01 Å². The van der Waals surface area contributed by atoms with E-state index in [-0.39, 0.29) is 5.91 Å². The number of amides is 1. The number of ether oxygens (including phenoxy) is 3. The summed E-state index contributed by atoms with van der Waals surface area (Å²) in [5.41, 5.74) is 1.72. The Kier molecular flexibility index (Phi) is 7.21.